The first-order valence-electron chi connectivity index (χ1n) is 7.92. The molecule has 22 heavy (non-hydrogen) atoms. The fourth-order valence-electron chi connectivity index (χ4n) is 2.40. The van der Waals surface area contributed by atoms with Gasteiger partial charge in [0.1, 0.15) is 5.01 Å². The van der Waals surface area contributed by atoms with Crippen LogP contribution in [0.3, 0.4) is 0 Å². The maximum absolute atomic E-state index is 11.9. The fraction of sp³-hybridized carbons (Fsp3) is 0.667. The Kier molecular flexibility index (Phi) is 6.64. The van der Waals surface area contributed by atoms with Gasteiger partial charge in [-0.1, -0.05) is 6.92 Å². The van der Waals surface area contributed by atoms with Gasteiger partial charge in [-0.05, 0) is 25.7 Å². The highest BCUT2D eigenvalue weighted by Gasteiger charge is 2.16. The molecule has 0 radical (unpaired) electrons. The number of carbonyl (C=O) groups is 2. The van der Waals surface area contributed by atoms with Crippen LogP contribution in [0.5, 0.6) is 0 Å². The summed E-state index contributed by atoms with van der Waals surface area (Å²) in [6.07, 6.45) is 6.56. The average Bonchev–Trinajstić information content (AvgIpc) is 3.02. The number of amides is 3. The summed E-state index contributed by atoms with van der Waals surface area (Å²) in [6, 6.07) is -0.250. The molecule has 0 aromatic carbocycles. The van der Waals surface area contributed by atoms with E-state index in [4.69, 9.17) is 0 Å². The number of nitrogens with one attached hydrogen (secondary N) is 2. The smallest absolute Gasteiger partial charge is 0.315 e. The summed E-state index contributed by atoms with van der Waals surface area (Å²) in [7, 11) is 0. The maximum Gasteiger partial charge on any atom is 0.315 e. The zero-order valence-electron chi connectivity index (χ0n) is 13.1. The molecule has 0 saturated carbocycles. The number of urea groups is 1. The first-order chi connectivity index (χ1) is 10.7. The number of nitrogens with zero attached hydrogens (tertiary/aromatic N) is 2. The van der Waals surface area contributed by atoms with E-state index in [0.717, 1.165) is 37.4 Å². The van der Waals surface area contributed by atoms with Crippen LogP contribution in [0.4, 0.5) is 4.79 Å². The van der Waals surface area contributed by atoms with E-state index < -0.39 is 0 Å². The molecule has 1 aromatic heterocycles. The highest BCUT2D eigenvalue weighted by atomic mass is 32.1. The van der Waals surface area contributed by atoms with Gasteiger partial charge in [0, 0.05) is 37.1 Å². The lowest BCUT2D eigenvalue weighted by atomic mass is 10.1. The minimum absolute atomic E-state index is 0.132. The summed E-state index contributed by atoms with van der Waals surface area (Å²) in [5, 5.41) is 6.39. The van der Waals surface area contributed by atoms with E-state index in [1.165, 1.54) is 11.3 Å². The van der Waals surface area contributed by atoms with Crippen molar-refractivity contribution in [3.05, 3.63) is 16.1 Å². The van der Waals surface area contributed by atoms with Crippen molar-refractivity contribution in [2.24, 2.45) is 0 Å². The van der Waals surface area contributed by atoms with Crippen molar-refractivity contribution in [2.75, 3.05) is 19.6 Å². The van der Waals surface area contributed by atoms with Crippen LogP contribution in [0.15, 0.2) is 6.20 Å². The molecule has 0 bridgehead atoms. The largest absolute Gasteiger partial charge is 0.343 e. The van der Waals surface area contributed by atoms with Gasteiger partial charge in [0.15, 0.2) is 0 Å². The van der Waals surface area contributed by atoms with Crippen LogP contribution in [-0.4, -0.2) is 41.5 Å². The summed E-state index contributed by atoms with van der Waals surface area (Å²) in [6.45, 7) is 4.59. The molecule has 1 aliphatic heterocycles. The van der Waals surface area contributed by atoms with Gasteiger partial charge in [-0.3, -0.25) is 4.79 Å². The highest BCUT2D eigenvalue weighted by molar-refractivity contribution is 7.11. The Morgan fingerprint density at radius 1 is 1.27 bits per heavy atom. The molecule has 6 nitrogen and oxygen atoms in total. The number of thiazole rings is 1. The average molecular weight is 324 g/mol. The van der Waals surface area contributed by atoms with E-state index in [0.29, 0.717) is 19.5 Å². The first-order valence-corrected chi connectivity index (χ1v) is 8.73. The molecule has 1 saturated heterocycles. The van der Waals surface area contributed by atoms with Gasteiger partial charge >= 0.3 is 6.03 Å². The van der Waals surface area contributed by atoms with Crippen molar-refractivity contribution >= 4 is 23.3 Å². The van der Waals surface area contributed by atoms with Crippen LogP contribution in [-0.2, 0) is 17.8 Å². The number of piperidine rings is 1. The van der Waals surface area contributed by atoms with E-state index >= 15 is 0 Å². The molecule has 1 fully saturated rings. The van der Waals surface area contributed by atoms with Crippen LogP contribution < -0.4 is 10.6 Å². The Bertz CT molecular complexity index is 497. The molecule has 2 heterocycles. The molecule has 3 amide bonds. The molecule has 0 unspecified atom stereocenters. The van der Waals surface area contributed by atoms with Gasteiger partial charge < -0.3 is 15.5 Å². The molecule has 0 atom stereocenters. The van der Waals surface area contributed by atoms with Crippen molar-refractivity contribution in [1.82, 2.24) is 20.5 Å². The Balaban J connectivity index is 1.60. The molecular weight excluding hydrogens is 300 g/mol. The second-order valence-corrected chi connectivity index (χ2v) is 6.57. The van der Waals surface area contributed by atoms with Gasteiger partial charge in [-0.25, -0.2) is 9.78 Å². The lowest BCUT2D eigenvalue weighted by Gasteiger charge is -2.26. The van der Waals surface area contributed by atoms with E-state index in [2.05, 4.69) is 22.5 Å². The number of hydrogen-bond acceptors (Lipinski definition) is 4. The second-order valence-electron chi connectivity index (χ2n) is 5.37. The summed E-state index contributed by atoms with van der Waals surface area (Å²) >= 11 is 1.61. The number of hydrogen-bond donors (Lipinski definition) is 2. The molecule has 122 valence electrons. The second kappa shape index (κ2) is 8.73. The molecule has 2 N–H and O–H groups in total. The van der Waals surface area contributed by atoms with Crippen LogP contribution in [0.2, 0.25) is 0 Å². The summed E-state index contributed by atoms with van der Waals surface area (Å²) < 4.78 is 0. The van der Waals surface area contributed by atoms with Gasteiger partial charge in [0.05, 0.1) is 6.54 Å². The summed E-state index contributed by atoms with van der Waals surface area (Å²) in [4.78, 5) is 31.0. The van der Waals surface area contributed by atoms with Crippen LogP contribution in [0.25, 0.3) is 0 Å². The number of rotatable bonds is 6. The standard InChI is InChI=1S/C15H24N4O2S/c1-2-12-10-17-13(22-12)11-18-15(21)16-7-6-14(20)19-8-4-3-5-9-19/h10H,2-9,11H2,1H3,(H2,16,18,21). The van der Waals surface area contributed by atoms with Gasteiger partial charge in [-0.15, -0.1) is 11.3 Å². The predicted octanol–water partition coefficient (Wildman–Crippen LogP) is 1.91. The van der Waals surface area contributed by atoms with E-state index in [1.807, 2.05) is 11.1 Å². The number of carbonyl (C=O) groups excluding carboxylic acids is 2. The van der Waals surface area contributed by atoms with Gasteiger partial charge in [0.2, 0.25) is 5.91 Å². The van der Waals surface area contributed by atoms with Crippen molar-refractivity contribution in [3.8, 4) is 0 Å². The highest BCUT2D eigenvalue weighted by Crippen LogP contribution is 2.12. The Morgan fingerprint density at radius 2 is 2.05 bits per heavy atom. The zero-order chi connectivity index (χ0) is 15.8. The number of aromatic nitrogens is 1. The third kappa shape index (κ3) is 5.29. The van der Waals surface area contributed by atoms with Gasteiger partial charge in [0.25, 0.3) is 0 Å². The van der Waals surface area contributed by atoms with Crippen molar-refractivity contribution in [3.63, 3.8) is 0 Å². The maximum atomic E-state index is 11.9. The molecule has 1 aromatic rings. The normalized spacial score (nSPS) is 14.7. The molecule has 0 spiro atoms. The zero-order valence-corrected chi connectivity index (χ0v) is 13.9. The van der Waals surface area contributed by atoms with Crippen molar-refractivity contribution in [1.29, 1.82) is 0 Å². The third-order valence-electron chi connectivity index (χ3n) is 3.68. The molecule has 0 aliphatic carbocycles. The minimum Gasteiger partial charge on any atom is -0.343 e. The van der Waals surface area contributed by atoms with Crippen LogP contribution in [0.1, 0.15) is 42.5 Å². The van der Waals surface area contributed by atoms with Crippen LogP contribution >= 0.6 is 11.3 Å². The lowest BCUT2D eigenvalue weighted by molar-refractivity contribution is -0.131. The van der Waals surface area contributed by atoms with Crippen molar-refractivity contribution < 1.29 is 9.59 Å². The Labute approximate surface area is 135 Å². The predicted molar refractivity (Wildman–Crippen MR) is 86.8 cm³/mol. The quantitative estimate of drug-likeness (QED) is 0.839. The van der Waals surface area contributed by atoms with Crippen LogP contribution in [0, 0.1) is 0 Å². The lowest BCUT2D eigenvalue weighted by Crippen LogP contribution is -2.40. The van der Waals surface area contributed by atoms with Crippen molar-refractivity contribution in [2.45, 2.75) is 45.6 Å². The minimum atomic E-state index is -0.250. The summed E-state index contributed by atoms with van der Waals surface area (Å²) in [5.41, 5.74) is 0. The molecule has 7 heteroatoms. The number of aryl methyl sites for hydroxylation is 1. The Morgan fingerprint density at radius 3 is 2.73 bits per heavy atom. The fourth-order valence-corrected chi connectivity index (χ4v) is 3.20. The summed E-state index contributed by atoms with van der Waals surface area (Å²) in [5.74, 6) is 0.132. The monoisotopic (exact) mass is 324 g/mol. The first kappa shape index (κ1) is 16.7. The molecular formula is C15H24N4O2S. The topological polar surface area (TPSA) is 74.3 Å². The van der Waals surface area contributed by atoms with E-state index in [-0.39, 0.29) is 11.9 Å². The van der Waals surface area contributed by atoms with E-state index in [9.17, 15) is 9.59 Å². The Hall–Kier alpha value is -1.63. The third-order valence-corrected chi connectivity index (χ3v) is 4.82. The van der Waals surface area contributed by atoms with E-state index in [1.54, 1.807) is 11.3 Å². The molecule has 2 rings (SSSR count). The molecule has 1 aliphatic rings. The van der Waals surface area contributed by atoms with Gasteiger partial charge in [-0.2, -0.15) is 0 Å². The number of likely N-dealkylation sites (tertiary alicyclic amines) is 1. The SMILES string of the molecule is CCc1cnc(CNC(=O)NCCC(=O)N2CCCCC2)s1.